The molecule has 1 aliphatic rings. The van der Waals surface area contributed by atoms with Crippen molar-refractivity contribution >= 4 is 23.0 Å². The lowest BCUT2D eigenvalue weighted by Crippen LogP contribution is -2.30. The normalized spacial score (nSPS) is 16.1. The Hall–Kier alpha value is -3.45. The summed E-state index contributed by atoms with van der Waals surface area (Å²) in [5.41, 5.74) is 3.44. The molecule has 3 aromatic rings. The SMILES string of the molecule is CCOc1ccc(CN2C(=O)C(O)=C(C(=O)c3sc(C)nc3C)C2c2ccc(C(C)(C)C)cc2)cc1. The number of benzene rings is 2. The lowest BCUT2D eigenvalue weighted by Gasteiger charge is -2.28. The first-order valence-electron chi connectivity index (χ1n) is 12.1. The fourth-order valence-electron chi connectivity index (χ4n) is 4.48. The van der Waals surface area contributed by atoms with Crippen molar-refractivity contribution in [1.82, 2.24) is 9.88 Å². The van der Waals surface area contributed by atoms with E-state index in [1.807, 2.05) is 62.4 Å². The molecule has 1 amide bonds. The van der Waals surface area contributed by atoms with Crippen LogP contribution in [0.2, 0.25) is 0 Å². The molecule has 1 aromatic heterocycles. The molecule has 2 heterocycles. The third-order valence-electron chi connectivity index (χ3n) is 6.34. The van der Waals surface area contributed by atoms with E-state index in [0.29, 0.717) is 17.2 Å². The van der Waals surface area contributed by atoms with Crippen LogP contribution in [0, 0.1) is 13.8 Å². The van der Waals surface area contributed by atoms with Crippen molar-refractivity contribution in [2.24, 2.45) is 0 Å². The number of aromatic nitrogens is 1. The molecule has 0 aliphatic carbocycles. The number of hydrogen-bond donors (Lipinski definition) is 1. The largest absolute Gasteiger partial charge is 0.503 e. The van der Waals surface area contributed by atoms with E-state index in [-0.39, 0.29) is 23.3 Å². The Balaban J connectivity index is 1.77. The number of carbonyl (C=O) groups is 2. The van der Waals surface area contributed by atoms with Crippen LogP contribution >= 0.6 is 11.3 Å². The van der Waals surface area contributed by atoms with E-state index >= 15 is 0 Å². The predicted molar refractivity (Wildman–Crippen MR) is 142 cm³/mol. The molecule has 36 heavy (non-hydrogen) atoms. The molecule has 0 radical (unpaired) electrons. The first-order valence-corrected chi connectivity index (χ1v) is 12.9. The molecule has 0 saturated carbocycles. The van der Waals surface area contributed by atoms with E-state index < -0.39 is 17.7 Å². The van der Waals surface area contributed by atoms with Crippen molar-refractivity contribution in [2.45, 2.75) is 59.5 Å². The molecule has 0 saturated heterocycles. The highest BCUT2D eigenvalue weighted by Gasteiger charge is 2.44. The molecule has 1 atom stereocenters. The van der Waals surface area contributed by atoms with Gasteiger partial charge in [-0.3, -0.25) is 9.59 Å². The van der Waals surface area contributed by atoms with Crippen molar-refractivity contribution in [1.29, 1.82) is 0 Å². The Morgan fingerprint density at radius 3 is 2.25 bits per heavy atom. The molecule has 1 unspecified atom stereocenters. The second-order valence-corrected chi connectivity index (χ2v) is 11.2. The summed E-state index contributed by atoms with van der Waals surface area (Å²) in [5, 5.41) is 11.8. The van der Waals surface area contributed by atoms with Crippen molar-refractivity contribution in [3.05, 3.63) is 92.1 Å². The fourth-order valence-corrected chi connectivity index (χ4v) is 5.35. The molecule has 0 fully saturated rings. The monoisotopic (exact) mass is 504 g/mol. The fraction of sp³-hybridized carbons (Fsp3) is 0.345. The van der Waals surface area contributed by atoms with E-state index in [0.717, 1.165) is 27.4 Å². The molecule has 6 nitrogen and oxygen atoms in total. The Kier molecular flexibility index (Phi) is 7.05. The number of ether oxygens (including phenoxy) is 1. The number of thiazole rings is 1. The van der Waals surface area contributed by atoms with Crippen LogP contribution in [0.3, 0.4) is 0 Å². The standard InChI is InChI=1S/C29H32N2O4S/c1-7-35-22-14-8-19(9-15-22)16-31-24(20-10-12-21(13-11-20)29(4,5)6)23(26(33)28(31)34)25(32)27-17(2)30-18(3)36-27/h8-15,24,33H,7,16H2,1-6H3. The minimum absolute atomic E-state index is 0.0417. The van der Waals surface area contributed by atoms with E-state index in [1.165, 1.54) is 11.3 Å². The van der Waals surface area contributed by atoms with Crippen LogP contribution in [0.5, 0.6) is 5.75 Å². The maximum Gasteiger partial charge on any atom is 0.290 e. The zero-order chi connectivity index (χ0) is 26.2. The lowest BCUT2D eigenvalue weighted by atomic mass is 9.85. The van der Waals surface area contributed by atoms with E-state index in [9.17, 15) is 14.7 Å². The van der Waals surface area contributed by atoms with Crippen LogP contribution in [-0.2, 0) is 16.8 Å². The van der Waals surface area contributed by atoms with Crippen molar-refractivity contribution < 1.29 is 19.4 Å². The van der Waals surface area contributed by atoms with Gasteiger partial charge in [0.2, 0.25) is 5.78 Å². The first kappa shape index (κ1) is 25.6. The van der Waals surface area contributed by atoms with Crippen molar-refractivity contribution in [3.63, 3.8) is 0 Å². The van der Waals surface area contributed by atoms with Crippen LogP contribution in [0.25, 0.3) is 0 Å². The highest BCUT2D eigenvalue weighted by atomic mass is 32.1. The average molecular weight is 505 g/mol. The van der Waals surface area contributed by atoms with Crippen LogP contribution in [-0.4, -0.2) is 33.3 Å². The number of rotatable bonds is 7. The number of hydrogen-bond acceptors (Lipinski definition) is 6. The Labute approximate surface area is 216 Å². The predicted octanol–water partition coefficient (Wildman–Crippen LogP) is 6.23. The average Bonchev–Trinajstić information content (AvgIpc) is 3.30. The number of ketones is 1. The number of amides is 1. The molecule has 0 bridgehead atoms. The van der Waals surface area contributed by atoms with Gasteiger partial charge in [-0.25, -0.2) is 4.98 Å². The highest BCUT2D eigenvalue weighted by Crippen LogP contribution is 2.41. The third kappa shape index (κ3) is 4.93. The molecule has 2 aromatic carbocycles. The molecule has 1 aliphatic heterocycles. The second-order valence-electron chi connectivity index (χ2n) is 10.0. The Morgan fingerprint density at radius 1 is 1.08 bits per heavy atom. The summed E-state index contributed by atoms with van der Waals surface area (Å²) in [4.78, 5) is 33.5. The number of aliphatic hydroxyl groups excluding tert-OH is 1. The van der Waals surface area contributed by atoms with Crippen LogP contribution in [0.1, 0.15) is 70.8 Å². The topological polar surface area (TPSA) is 79.7 Å². The molecule has 7 heteroatoms. The summed E-state index contributed by atoms with van der Waals surface area (Å²) in [6, 6.07) is 14.7. The van der Waals surface area contributed by atoms with Gasteiger partial charge in [0.1, 0.15) is 5.75 Å². The van der Waals surface area contributed by atoms with E-state index in [4.69, 9.17) is 4.74 Å². The minimum Gasteiger partial charge on any atom is -0.503 e. The van der Waals surface area contributed by atoms with Gasteiger partial charge >= 0.3 is 0 Å². The number of Topliss-reactive ketones (excluding diaryl/α,β-unsaturated/α-hetero) is 1. The van der Waals surface area contributed by atoms with Gasteiger partial charge in [-0.15, -0.1) is 11.3 Å². The quantitative estimate of drug-likeness (QED) is 0.386. The van der Waals surface area contributed by atoms with Crippen LogP contribution in [0.15, 0.2) is 59.9 Å². The van der Waals surface area contributed by atoms with E-state index in [1.54, 1.807) is 11.8 Å². The second kappa shape index (κ2) is 9.90. The summed E-state index contributed by atoms with van der Waals surface area (Å²) in [6.45, 7) is 12.7. The molecule has 4 rings (SSSR count). The molecular formula is C29H32N2O4S. The lowest BCUT2D eigenvalue weighted by molar-refractivity contribution is -0.130. The summed E-state index contributed by atoms with van der Waals surface area (Å²) in [6.07, 6.45) is 0. The molecule has 1 N–H and O–H groups in total. The number of aryl methyl sites for hydroxylation is 2. The number of carbonyl (C=O) groups excluding carboxylic acids is 2. The van der Waals surface area contributed by atoms with Gasteiger partial charge in [-0.05, 0) is 55.0 Å². The first-order chi connectivity index (χ1) is 17.0. The summed E-state index contributed by atoms with van der Waals surface area (Å²) in [7, 11) is 0. The summed E-state index contributed by atoms with van der Waals surface area (Å²) < 4.78 is 5.53. The zero-order valence-corrected chi connectivity index (χ0v) is 22.4. The highest BCUT2D eigenvalue weighted by molar-refractivity contribution is 7.14. The van der Waals surface area contributed by atoms with Gasteiger partial charge in [0.25, 0.3) is 5.91 Å². The Bertz CT molecular complexity index is 1310. The molecular weight excluding hydrogens is 472 g/mol. The zero-order valence-electron chi connectivity index (χ0n) is 21.6. The minimum atomic E-state index is -0.715. The van der Waals surface area contributed by atoms with E-state index in [2.05, 4.69) is 25.8 Å². The maximum atomic E-state index is 13.7. The van der Waals surface area contributed by atoms with Crippen LogP contribution in [0.4, 0.5) is 0 Å². The van der Waals surface area contributed by atoms with Gasteiger partial charge in [-0.1, -0.05) is 57.2 Å². The number of aliphatic hydroxyl groups is 1. The smallest absolute Gasteiger partial charge is 0.290 e. The van der Waals surface area contributed by atoms with Gasteiger partial charge in [0.05, 0.1) is 33.8 Å². The summed E-state index contributed by atoms with van der Waals surface area (Å²) in [5.74, 6) is -0.670. The van der Waals surface area contributed by atoms with Gasteiger partial charge in [0.15, 0.2) is 5.76 Å². The number of nitrogens with zero attached hydrogens (tertiary/aromatic N) is 2. The van der Waals surface area contributed by atoms with Gasteiger partial charge < -0.3 is 14.7 Å². The molecule has 188 valence electrons. The Morgan fingerprint density at radius 2 is 1.72 bits per heavy atom. The van der Waals surface area contributed by atoms with Crippen molar-refractivity contribution in [2.75, 3.05) is 6.61 Å². The van der Waals surface area contributed by atoms with Crippen LogP contribution < -0.4 is 4.74 Å². The van der Waals surface area contributed by atoms with Gasteiger partial charge in [0, 0.05) is 6.54 Å². The third-order valence-corrected chi connectivity index (χ3v) is 7.41. The maximum absolute atomic E-state index is 13.7. The van der Waals surface area contributed by atoms with Crippen molar-refractivity contribution in [3.8, 4) is 5.75 Å². The summed E-state index contributed by atoms with van der Waals surface area (Å²) >= 11 is 1.28. The molecule has 0 spiro atoms. The van der Waals surface area contributed by atoms with Gasteiger partial charge in [-0.2, -0.15) is 0 Å².